The van der Waals surface area contributed by atoms with Gasteiger partial charge in [-0.15, -0.1) is 0 Å². The highest BCUT2D eigenvalue weighted by Gasteiger charge is 2.06. The second-order valence-corrected chi connectivity index (χ2v) is 5.47. The Morgan fingerprint density at radius 3 is 2.48 bits per heavy atom. The monoisotopic (exact) mass is 322 g/mol. The smallest absolute Gasteiger partial charge is 0.337 e. The van der Waals surface area contributed by atoms with Gasteiger partial charge in [0.2, 0.25) is 5.91 Å². The van der Waals surface area contributed by atoms with Crippen molar-refractivity contribution in [2.24, 2.45) is 0 Å². The zero-order valence-corrected chi connectivity index (χ0v) is 12.3. The predicted octanol–water partition coefficient (Wildman–Crippen LogP) is 3.16. The zero-order valence-electron chi connectivity index (χ0n) is 10.7. The highest BCUT2D eigenvalue weighted by atomic mass is 35.5. The summed E-state index contributed by atoms with van der Waals surface area (Å²) in [5.41, 5.74) is 0.782. The molecule has 0 bridgehead atoms. The van der Waals surface area contributed by atoms with Gasteiger partial charge in [0, 0.05) is 16.9 Å². The van der Waals surface area contributed by atoms with Crippen molar-refractivity contribution in [1.82, 2.24) is 4.98 Å². The molecule has 5 nitrogen and oxygen atoms in total. The summed E-state index contributed by atoms with van der Waals surface area (Å²) in [5.74, 6) is -1.02. The van der Waals surface area contributed by atoms with Crippen LogP contribution < -0.4 is 5.32 Å². The van der Waals surface area contributed by atoms with E-state index in [0.29, 0.717) is 15.7 Å². The maximum atomic E-state index is 11.8. The van der Waals surface area contributed by atoms with Gasteiger partial charge in [-0.2, -0.15) is 0 Å². The number of carboxylic acids is 1. The third-order valence-electron chi connectivity index (χ3n) is 2.46. The molecule has 0 radical (unpaired) electrons. The highest BCUT2D eigenvalue weighted by molar-refractivity contribution is 7.99. The Morgan fingerprint density at radius 1 is 1.19 bits per heavy atom. The molecule has 2 aromatic rings. The first-order valence-corrected chi connectivity index (χ1v) is 7.28. The Kier molecular flexibility index (Phi) is 5.19. The van der Waals surface area contributed by atoms with E-state index in [-0.39, 0.29) is 17.2 Å². The number of carbonyl (C=O) groups excluding carboxylic acids is 1. The van der Waals surface area contributed by atoms with E-state index in [9.17, 15) is 9.59 Å². The van der Waals surface area contributed by atoms with Crippen LogP contribution in [0.3, 0.4) is 0 Å². The van der Waals surface area contributed by atoms with Gasteiger partial charge in [0.25, 0.3) is 0 Å². The molecule has 108 valence electrons. The van der Waals surface area contributed by atoms with Crippen molar-refractivity contribution in [1.29, 1.82) is 0 Å². The van der Waals surface area contributed by atoms with Gasteiger partial charge in [0.05, 0.1) is 16.3 Å². The first kappa shape index (κ1) is 15.3. The van der Waals surface area contributed by atoms with E-state index in [1.807, 2.05) is 0 Å². The Hall–Kier alpha value is -2.05. The van der Waals surface area contributed by atoms with Crippen molar-refractivity contribution in [3.8, 4) is 0 Å². The third-order valence-corrected chi connectivity index (χ3v) is 3.66. The van der Waals surface area contributed by atoms with E-state index in [0.717, 1.165) is 0 Å². The second kappa shape index (κ2) is 7.10. The van der Waals surface area contributed by atoms with Crippen LogP contribution in [0.4, 0.5) is 5.69 Å². The van der Waals surface area contributed by atoms with Crippen molar-refractivity contribution in [2.45, 2.75) is 5.03 Å². The summed E-state index contributed by atoms with van der Waals surface area (Å²) >= 11 is 6.99. The summed E-state index contributed by atoms with van der Waals surface area (Å²) in [4.78, 5) is 26.4. The van der Waals surface area contributed by atoms with Gasteiger partial charge in [-0.3, -0.25) is 4.79 Å². The standard InChI is InChI=1S/C14H11ClN2O3S/c15-10-2-4-11(5-3-10)17-12(18)8-21-13-6-1-9(7-16-13)14(19)20/h1-7H,8H2,(H,17,18)(H,19,20). The Morgan fingerprint density at radius 2 is 1.90 bits per heavy atom. The largest absolute Gasteiger partial charge is 0.478 e. The summed E-state index contributed by atoms with van der Waals surface area (Å²) < 4.78 is 0. The zero-order chi connectivity index (χ0) is 15.2. The molecule has 0 atom stereocenters. The van der Waals surface area contributed by atoms with Gasteiger partial charge in [0.1, 0.15) is 0 Å². The number of aromatic nitrogens is 1. The molecule has 1 heterocycles. The number of anilines is 1. The lowest BCUT2D eigenvalue weighted by molar-refractivity contribution is -0.113. The summed E-state index contributed by atoms with van der Waals surface area (Å²) in [5, 5.41) is 12.7. The van der Waals surface area contributed by atoms with Crippen LogP contribution in [0.2, 0.25) is 5.02 Å². The van der Waals surface area contributed by atoms with Crippen LogP contribution in [0.25, 0.3) is 0 Å². The van der Waals surface area contributed by atoms with E-state index in [1.54, 1.807) is 30.3 Å². The molecule has 21 heavy (non-hydrogen) atoms. The maximum absolute atomic E-state index is 11.8. The molecule has 0 saturated heterocycles. The SMILES string of the molecule is O=C(CSc1ccc(C(=O)O)cn1)Nc1ccc(Cl)cc1. The van der Waals surface area contributed by atoms with Gasteiger partial charge in [-0.25, -0.2) is 9.78 Å². The molecule has 1 aromatic carbocycles. The lowest BCUT2D eigenvalue weighted by Gasteiger charge is -2.05. The molecule has 7 heteroatoms. The Labute approximate surface area is 130 Å². The minimum atomic E-state index is -1.03. The topological polar surface area (TPSA) is 79.3 Å². The molecular weight excluding hydrogens is 312 g/mol. The number of pyridine rings is 1. The number of hydrogen-bond acceptors (Lipinski definition) is 4. The Bertz CT molecular complexity index is 644. The van der Waals surface area contributed by atoms with Crippen LogP contribution >= 0.6 is 23.4 Å². The molecule has 0 saturated carbocycles. The molecule has 2 rings (SSSR count). The number of benzene rings is 1. The normalized spacial score (nSPS) is 10.1. The molecule has 2 N–H and O–H groups in total. The number of hydrogen-bond donors (Lipinski definition) is 2. The van der Waals surface area contributed by atoms with E-state index in [2.05, 4.69) is 10.3 Å². The van der Waals surface area contributed by atoms with E-state index >= 15 is 0 Å². The second-order valence-electron chi connectivity index (χ2n) is 4.03. The van der Waals surface area contributed by atoms with Crippen LogP contribution in [0.1, 0.15) is 10.4 Å². The molecular formula is C14H11ClN2O3S. The van der Waals surface area contributed by atoms with Crippen LogP contribution in [-0.2, 0) is 4.79 Å². The molecule has 1 aromatic heterocycles. The fourth-order valence-electron chi connectivity index (χ4n) is 1.46. The number of halogens is 1. The average molecular weight is 323 g/mol. The predicted molar refractivity (Wildman–Crippen MR) is 82.0 cm³/mol. The third kappa shape index (κ3) is 4.77. The van der Waals surface area contributed by atoms with Gasteiger partial charge in [-0.05, 0) is 36.4 Å². The number of aromatic carboxylic acids is 1. The Balaban J connectivity index is 1.86. The molecule has 0 aliphatic carbocycles. The first-order chi connectivity index (χ1) is 10.0. The van der Waals surface area contributed by atoms with Gasteiger partial charge in [0.15, 0.2) is 0 Å². The summed E-state index contributed by atoms with van der Waals surface area (Å²) in [6.45, 7) is 0. The van der Waals surface area contributed by atoms with Gasteiger partial charge >= 0.3 is 5.97 Å². The number of rotatable bonds is 5. The number of thioether (sulfide) groups is 1. The molecule has 0 aliphatic rings. The lowest BCUT2D eigenvalue weighted by atomic mass is 10.3. The van der Waals surface area contributed by atoms with Crippen molar-refractivity contribution in [3.63, 3.8) is 0 Å². The first-order valence-electron chi connectivity index (χ1n) is 5.92. The average Bonchev–Trinajstić information content (AvgIpc) is 2.48. The van der Waals surface area contributed by atoms with Gasteiger partial charge in [-0.1, -0.05) is 23.4 Å². The van der Waals surface area contributed by atoms with E-state index < -0.39 is 5.97 Å². The number of carbonyl (C=O) groups is 2. The minimum Gasteiger partial charge on any atom is -0.478 e. The molecule has 1 amide bonds. The highest BCUT2D eigenvalue weighted by Crippen LogP contribution is 2.17. The van der Waals surface area contributed by atoms with Crippen molar-refractivity contribution >= 4 is 40.9 Å². The van der Waals surface area contributed by atoms with E-state index in [4.69, 9.17) is 16.7 Å². The van der Waals surface area contributed by atoms with Crippen molar-refractivity contribution in [3.05, 3.63) is 53.2 Å². The summed E-state index contributed by atoms with van der Waals surface area (Å²) in [6.07, 6.45) is 1.27. The number of nitrogens with one attached hydrogen (secondary N) is 1. The number of amides is 1. The van der Waals surface area contributed by atoms with E-state index in [1.165, 1.54) is 24.0 Å². The van der Waals surface area contributed by atoms with Gasteiger partial charge < -0.3 is 10.4 Å². The van der Waals surface area contributed by atoms with Crippen molar-refractivity contribution in [2.75, 3.05) is 11.1 Å². The molecule has 0 unspecified atom stereocenters. The fraction of sp³-hybridized carbons (Fsp3) is 0.0714. The van der Waals surface area contributed by atoms with Crippen LogP contribution in [-0.4, -0.2) is 27.7 Å². The van der Waals surface area contributed by atoms with Crippen LogP contribution in [0.15, 0.2) is 47.6 Å². The quantitative estimate of drug-likeness (QED) is 0.827. The van der Waals surface area contributed by atoms with Crippen LogP contribution in [0.5, 0.6) is 0 Å². The maximum Gasteiger partial charge on any atom is 0.337 e. The number of nitrogens with zero attached hydrogens (tertiary/aromatic N) is 1. The minimum absolute atomic E-state index is 0.116. The number of carboxylic acid groups (broad SMARTS) is 1. The molecule has 0 aliphatic heterocycles. The molecule has 0 spiro atoms. The summed E-state index contributed by atoms with van der Waals surface area (Å²) in [7, 11) is 0. The van der Waals surface area contributed by atoms with Crippen molar-refractivity contribution < 1.29 is 14.7 Å². The molecule has 0 fully saturated rings. The lowest BCUT2D eigenvalue weighted by Crippen LogP contribution is -2.14. The summed E-state index contributed by atoms with van der Waals surface area (Å²) in [6, 6.07) is 9.83. The van der Waals surface area contributed by atoms with Crippen LogP contribution in [0, 0.1) is 0 Å². The fourth-order valence-corrected chi connectivity index (χ4v) is 2.23.